The molecule has 19 heavy (non-hydrogen) atoms. The van der Waals surface area contributed by atoms with Crippen LogP contribution < -0.4 is 0 Å². The first-order valence-corrected chi connectivity index (χ1v) is 7.29. The van der Waals surface area contributed by atoms with Crippen molar-refractivity contribution >= 4 is 0 Å². The maximum atomic E-state index is 8.65. The third kappa shape index (κ3) is 13.0. The molecule has 0 unspecified atom stereocenters. The Labute approximate surface area is 116 Å². The second-order valence-electron chi connectivity index (χ2n) is 4.71. The molecule has 1 rings (SSSR count). The van der Waals surface area contributed by atoms with Gasteiger partial charge in [0.2, 0.25) is 0 Å². The maximum absolute atomic E-state index is 8.65. The van der Waals surface area contributed by atoms with Gasteiger partial charge < -0.3 is 15.3 Å². The number of hydrogen-bond acceptors (Lipinski definition) is 3. The Morgan fingerprint density at radius 3 is 1.42 bits per heavy atom. The summed E-state index contributed by atoms with van der Waals surface area (Å²) in [5, 5.41) is 25.8. The molecule has 3 heteroatoms. The van der Waals surface area contributed by atoms with Crippen molar-refractivity contribution in [1.29, 1.82) is 0 Å². The minimum absolute atomic E-state index is 0.169. The summed E-state index contributed by atoms with van der Waals surface area (Å²) >= 11 is 0. The normalized spacial score (nSPS) is 9.79. The van der Waals surface area contributed by atoms with Crippen LogP contribution in [-0.2, 0) is 0 Å². The molecule has 0 spiro atoms. The van der Waals surface area contributed by atoms with E-state index in [9.17, 15) is 0 Å². The molecule has 0 saturated carbocycles. The first-order chi connectivity index (χ1) is 9.20. The molecule has 0 amide bonds. The fraction of sp³-hybridized carbons (Fsp3) is 0.625. The van der Waals surface area contributed by atoms with Crippen LogP contribution in [0.25, 0.3) is 0 Å². The van der Waals surface area contributed by atoms with E-state index in [-0.39, 0.29) is 11.5 Å². The molecular weight excluding hydrogens is 240 g/mol. The van der Waals surface area contributed by atoms with Crippen molar-refractivity contribution in [2.24, 2.45) is 0 Å². The van der Waals surface area contributed by atoms with Crippen molar-refractivity contribution in [3.63, 3.8) is 0 Å². The second kappa shape index (κ2) is 13.2. The van der Waals surface area contributed by atoms with Gasteiger partial charge in [0, 0.05) is 6.61 Å². The molecule has 0 aliphatic rings. The van der Waals surface area contributed by atoms with E-state index in [0.29, 0.717) is 6.61 Å². The fourth-order valence-corrected chi connectivity index (χ4v) is 1.70. The van der Waals surface area contributed by atoms with Crippen LogP contribution in [0, 0.1) is 0 Å². The smallest absolute Gasteiger partial charge is 0.115 e. The van der Waals surface area contributed by atoms with Gasteiger partial charge in [-0.15, -0.1) is 0 Å². The third-order valence-corrected chi connectivity index (χ3v) is 2.86. The second-order valence-corrected chi connectivity index (χ2v) is 4.71. The summed E-state index contributed by atoms with van der Waals surface area (Å²) in [4.78, 5) is 0. The molecule has 0 aromatic heterocycles. The zero-order valence-corrected chi connectivity index (χ0v) is 12.0. The van der Waals surface area contributed by atoms with Crippen LogP contribution >= 0.6 is 0 Å². The summed E-state index contributed by atoms with van der Waals surface area (Å²) in [6.45, 7) is 2.61. The van der Waals surface area contributed by atoms with E-state index < -0.39 is 0 Å². The molecule has 1 aromatic carbocycles. The summed E-state index contributed by atoms with van der Waals surface area (Å²) in [7, 11) is 0. The summed E-state index contributed by atoms with van der Waals surface area (Å²) in [5.74, 6) is 0.339. The topological polar surface area (TPSA) is 60.7 Å². The number of unbranched alkanes of at least 4 members (excludes halogenated alkanes) is 7. The van der Waals surface area contributed by atoms with Crippen LogP contribution in [0.15, 0.2) is 24.3 Å². The molecule has 3 nitrogen and oxygen atoms in total. The van der Waals surface area contributed by atoms with Crippen molar-refractivity contribution in [3.05, 3.63) is 24.3 Å². The van der Waals surface area contributed by atoms with Gasteiger partial charge in [-0.1, -0.05) is 51.9 Å². The van der Waals surface area contributed by atoms with Crippen molar-refractivity contribution in [1.82, 2.24) is 0 Å². The lowest BCUT2D eigenvalue weighted by molar-refractivity contribution is 0.282. The lowest BCUT2D eigenvalue weighted by Crippen LogP contribution is -1.83. The predicted octanol–water partition coefficient (Wildman–Crippen LogP) is 4.22. The van der Waals surface area contributed by atoms with E-state index in [1.54, 1.807) is 0 Å². The third-order valence-electron chi connectivity index (χ3n) is 2.86. The summed E-state index contributed by atoms with van der Waals surface area (Å²) in [5.41, 5.74) is 0. The SMILES string of the molecule is CCCCCCCCCCO.Oc1ccc(O)cc1. The van der Waals surface area contributed by atoms with Crippen molar-refractivity contribution < 1.29 is 15.3 Å². The van der Waals surface area contributed by atoms with Crippen molar-refractivity contribution in [2.45, 2.75) is 58.3 Å². The van der Waals surface area contributed by atoms with Gasteiger partial charge in [0.25, 0.3) is 0 Å². The molecule has 0 fully saturated rings. The molecule has 0 heterocycles. The Balaban J connectivity index is 0.000000356. The highest BCUT2D eigenvalue weighted by Gasteiger charge is 1.89. The number of aromatic hydroxyl groups is 2. The van der Waals surface area contributed by atoms with Gasteiger partial charge in [-0.25, -0.2) is 0 Å². The summed E-state index contributed by atoms with van der Waals surface area (Å²) in [6, 6.07) is 5.70. The highest BCUT2D eigenvalue weighted by atomic mass is 16.3. The number of aliphatic hydroxyl groups excluding tert-OH is 1. The molecule has 0 saturated heterocycles. The van der Waals surface area contributed by atoms with Crippen LogP contribution in [-0.4, -0.2) is 21.9 Å². The molecule has 0 aliphatic carbocycles. The number of rotatable bonds is 8. The van der Waals surface area contributed by atoms with E-state index in [0.717, 1.165) is 6.42 Å². The monoisotopic (exact) mass is 268 g/mol. The van der Waals surface area contributed by atoms with Gasteiger partial charge in [-0.3, -0.25) is 0 Å². The summed E-state index contributed by atoms with van der Waals surface area (Å²) < 4.78 is 0. The van der Waals surface area contributed by atoms with Crippen LogP contribution in [0.3, 0.4) is 0 Å². The lowest BCUT2D eigenvalue weighted by atomic mass is 10.1. The van der Waals surface area contributed by atoms with Crippen LogP contribution in [0.4, 0.5) is 0 Å². The Morgan fingerprint density at radius 1 is 0.684 bits per heavy atom. The van der Waals surface area contributed by atoms with Gasteiger partial charge in [-0.2, -0.15) is 0 Å². The first kappa shape index (κ1) is 17.8. The first-order valence-electron chi connectivity index (χ1n) is 7.29. The molecule has 0 radical (unpaired) electrons. The van der Waals surface area contributed by atoms with Crippen LogP contribution in [0.2, 0.25) is 0 Å². The number of phenols is 2. The number of benzene rings is 1. The predicted molar refractivity (Wildman–Crippen MR) is 79.5 cm³/mol. The van der Waals surface area contributed by atoms with Gasteiger partial charge in [-0.05, 0) is 30.7 Å². The van der Waals surface area contributed by atoms with E-state index in [4.69, 9.17) is 15.3 Å². The largest absolute Gasteiger partial charge is 0.508 e. The zero-order chi connectivity index (χ0) is 14.3. The van der Waals surface area contributed by atoms with Crippen LogP contribution in [0.1, 0.15) is 58.3 Å². The highest BCUT2D eigenvalue weighted by molar-refractivity contribution is 5.28. The molecule has 3 N–H and O–H groups in total. The highest BCUT2D eigenvalue weighted by Crippen LogP contribution is 2.13. The standard InChI is InChI=1S/C10H22O.C6H6O2/c1-2-3-4-5-6-7-8-9-10-11;7-5-1-2-6(8)4-3-5/h11H,2-10H2,1H3;1-4,7-8H. The maximum Gasteiger partial charge on any atom is 0.115 e. The Hall–Kier alpha value is -1.22. The van der Waals surface area contributed by atoms with Crippen molar-refractivity contribution in [2.75, 3.05) is 6.61 Å². The van der Waals surface area contributed by atoms with E-state index in [1.165, 1.54) is 69.2 Å². The molecule has 0 aliphatic heterocycles. The molecule has 0 bridgehead atoms. The zero-order valence-electron chi connectivity index (χ0n) is 12.0. The lowest BCUT2D eigenvalue weighted by Gasteiger charge is -1.98. The van der Waals surface area contributed by atoms with E-state index in [1.807, 2.05) is 0 Å². The van der Waals surface area contributed by atoms with E-state index in [2.05, 4.69) is 6.92 Å². The minimum Gasteiger partial charge on any atom is -0.508 e. The number of phenolic OH excluding ortho intramolecular Hbond substituents is 2. The number of aliphatic hydroxyl groups is 1. The molecule has 0 atom stereocenters. The molecular formula is C16H28O3. The Bertz CT molecular complexity index is 254. The van der Waals surface area contributed by atoms with Gasteiger partial charge >= 0.3 is 0 Å². The molecule has 110 valence electrons. The van der Waals surface area contributed by atoms with Gasteiger partial charge in [0.1, 0.15) is 11.5 Å². The van der Waals surface area contributed by atoms with Crippen molar-refractivity contribution in [3.8, 4) is 11.5 Å². The van der Waals surface area contributed by atoms with E-state index >= 15 is 0 Å². The average molecular weight is 268 g/mol. The average Bonchev–Trinajstić information content (AvgIpc) is 2.42. The Kier molecular flexibility index (Phi) is 12.4. The van der Waals surface area contributed by atoms with Crippen LogP contribution in [0.5, 0.6) is 11.5 Å². The fourth-order valence-electron chi connectivity index (χ4n) is 1.70. The Morgan fingerprint density at radius 2 is 1.05 bits per heavy atom. The van der Waals surface area contributed by atoms with Gasteiger partial charge in [0.05, 0.1) is 0 Å². The quantitative estimate of drug-likeness (QED) is 0.488. The molecule has 1 aromatic rings. The minimum atomic E-state index is 0.169. The van der Waals surface area contributed by atoms with Gasteiger partial charge in [0.15, 0.2) is 0 Å². The summed E-state index contributed by atoms with van der Waals surface area (Å²) in [6.07, 6.45) is 10.4. The number of hydrogen-bond donors (Lipinski definition) is 3.